The summed E-state index contributed by atoms with van der Waals surface area (Å²) in [4.78, 5) is 19.2. The van der Waals surface area contributed by atoms with Crippen LogP contribution < -0.4 is 5.32 Å². The predicted octanol–water partition coefficient (Wildman–Crippen LogP) is 3.94. The van der Waals surface area contributed by atoms with Gasteiger partial charge in [-0.05, 0) is 29.7 Å². The van der Waals surface area contributed by atoms with E-state index in [0.717, 1.165) is 48.3 Å². The molecule has 0 aliphatic carbocycles. The van der Waals surface area contributed by atoms with Crippen molar-refractivity contribution in [3.63, 3.8) is 0 Å². The number of halogens is 1. The third-order valence-corrected chi connectivity index (χ3v) is 6.00. The van der Waals surface area contributed by atoms with Gasteiger partial charge >= 0.3 is 0 Å². The number of hydrogen-bond acceptors (Lipinski definition) is 5. The highest BCUT2D eigenvalue weighted by atomic mass is 35.5. The monoisotopic (exact) mass is 464 g/mol. The van der Waals surface area contributed by atoms with Gasteiger partial charge in [-0.2, -0.15) is 0 Å². The zero-order valence-electron chi connectivity index (χ0n) is 19.0. The number of benzene rings is 1. The lowest BCUT2D eigenvalue weighted by molar-refractivity contribution is 0.0916. The van der Waals surface area contributed by atoms with E-state index in [-0.39, 0.29) is 17.9 Å². The first-order valence-electron chi connectivity index (χ1n) is 11.3. The van der Waals surface area contributed by atoms with Crippen molar-refractivity contribution in [2.24, 2.45) is 5.92 Å². The summed E-state index contributed by atoms with van der Waals surface area (Å²) in [6.45, 7) is 7.26. The molecule has 1 N–H and O–H groups in total. The second-order valence-electron chi connectivity index (χ2n) is 8.56. The molecule has 4 rings (SSSR count). The van der Waals surface area contributed by atoms with Gasteiger partial charge in [-0.15, -0.1) is 10.2 Å². The summed E-state index contributed by atoms with van der Waals surface area (Å²) < 4.78 is 2.15. The van der Waals surface area contributed by atoms with Crippen LogP contribution in [-0.4, -0.2) is 50.2 Å². The van der Waals surface area contributed by atoms with Gasteiger partial charge in [0.25, 0.3) is 5.91 Å². The van der Waals surface area contributed by atoms with Crippen molar-refractivity contribution in [1.29, 1.82) is 0 Å². The van der Waals surface area contributed by atoms with E-state index in [4.69, 9.17) is 11.6 Å². The number of nitrogens with zero attached hydrogens (tertiary/aromatic N) is 5. The fourth-order valence-corrected chi connectivity index (χ4v) is 4.30. The molecule has 8 heteroatoms. The molecule has 7 nitrogen and oxygen atoms in total. The first-order valence-corrected chi connectivity index (χ1v) is 11.7. The van der Waals surface area contributed by atoms with Crippen LogP contribution in [0.1, 0.15) is 47.6 Å². The number of pyridine rings is 1. The molecule has 1 aliphatic rings. The van der Waals surface area contributed by atoms with Crippen molar-refractivity contribution in [3.8, 4) is 0 Å². The van der Waals surface area contributed by atoms with E-state index >= 15 is 0 Å². The van der Waals surface area contributed by atoms with Crippen LogP contribution in [0.5, 0.6) is 0 Å². The topological polar surface area (TPSA) is 75.9 Å². The van der Waals surface area contributed by atoms with Gasteiger partial charge in [0, 0.05) is 43.8 Å². The third kappa shape index (κ3) is 5.86. The van der Waals surface area contributed by atoms with Gasteiger partial charge in [0.2, 0.25) is 0 Å². The lowest BCUT2D eigenvalue weighted by atomic mass is 10.0. The minimum atomic E-state index is -0.256. The Kier molecular flexibility index (Phi) is 7.52. The fourth-order valence-electron chi connectivity index (χ4n) is 4.01. The molecule has 1 aromatic carbocycles. The zero-order valence-corrected chi connectivity index (χ0v) is 19.7. The summed E-state index contributed by atoms with van der Waals surface area (Å²) in [5, 5.41) is 12.8. The number of amides is 1. The molecule has 1 aliphatic heterocycles. The summed E-state index contributed by atoms with van der Waals surface area (Å²) in [7, 11) is 0. The van der Waals surface area contributed by atoms with Gasteiger partial charge < -0.3 is 9.88 Å². The van der Waals surface area contributed by atoms with E-state index in [1.165, 1.54) is 0 Å². The van der Waals surface area contributed by atoms with E-state index in [0.29, 0.717) is 12.2 Å². The lowest BCUT2D eigenvalue weighted by Gasteiger charge is -2.23. The second kappa shape index (κ2) is 10.7. The number of fused-ring (bicyclic) bond motifs is 1. The molecule has 172 valence electrons. The van der Waals surface area contributed by atoms with E-state index in [9.17, 15) is 4.79 Å². The van der Waals surface area contributed by atoms with Crippen LogP contribution in [0.15, 0.2) is 59.8 Å². The molecule has 3 heterocycles. The van der Waals surface area contributed by atoms with Crippen molar-refractivity contribution in [3.05, 3.63) is 82.7 Å². The molecule has 1 atom stereocenters. The summed E-state index contributed by atoms with van der Waals surface area (Å²) in [5.41, 5.74) is 1.49. The number of carbonyl (C=O) groups excluding carboxylic acids is 1. The maximum absolute atomic E-state index is 12.8. The van der Waals surface area contributed by atoms with Crippen molar-refractivity contribution >= 4 is 23.6 Å². The number of carbonyl (C=O) groups is 1. The molecule has 2 aromatic heterocycles. The highest BCUT2D eigenvalue weighted by molar-refractivity contribution is 6.31. The van der Waals surface area contributed by atoms with E-state index in [1.54, 1.807) is 24.4 Å². The maximum Gasteiger partial charge on any atom is 0.270 e. The van der Waals surface area contributed by atoms with Crippen LogP contribution in [0.4, 0.5) is 0 Å². The molecule has 0 saturated carbocycles. The highest BCUT2D eigenvalue weighted by Crippen LogP contribution is 2.23. The Morgan fingerprint density at radius 2 is 1.88 bits per heavy atom. The molecule has 0 fully saturated rings. The van der Waals surface area contributed by atoms with Crippen molar-refractivity contribution in [2.75, 3.05) is 19.6 Å². The number of rotatable bonds is 7. The molecule has 1 amide bonds. The highest BCUT2D eigenvalue weighted by Gasteiger charge is 2.28. The van der Waals surface area contributed by atoms with Gasteiger partial charge in [-0.3, -0.25) is 14.7 Å². The fraction of sp³-hybridized carbons (Fsp3) is 0.360. The Hall–Kier alpha value is -3.03. The van der Waals surface area contributed by atoms with Crippen LogP contribution in [-0.2, 0) is 13.0 Å². The first kappa shape index (κ1) is 23.1. The summed E-state index contributed by atoms with van der Waals surface area (Å²) in [5.74, 6) is 1.67. The molecular formula is C25H29ClN6O. The van der Waals surface area contributed by atoms with Gasteiger partial charge in [0.1, 0.15) is 11.5 Å². The SMILES string of the molecule is CC(C)[C@H](NC(=O)c1ccccn1)c1nnc2n1CCN(C/C(Cl)=C/c1ccccc1)CC2. The van der Waals surface area contributed by atoms with E-state index in [2.05, 4.69) is 43.8 Å². The Balaban J connectivity index is 1.45. The van der Waals surface area contributed by atoms with Gasteiger partial charge in [-0.25, -0.2) is 0 Å². The largest absolute Gasteiger partial charge is 0.340 e. The molecule has 0 saturated heterocycles. The Labute approximate surface area is 199 Å². The Morgan fingerprint density at radius 1 is 1.09 bits per heavy atom. The molecule has 33 heavy (non-hydrogen) atoms. The molecular weight excluding hydrogens is 436 g/mol. The Morgan fingerprint density at radius 3 is 2.61 bits per heavy atom. The lowest BCUT2D eigenvalue weighted by Crippen LogP contribution is -2.35. The zero-order chi connectivity index (χ0) is 23.2. The number of aromatic nitrogens is 4. The van der Waals surface area contributed by atoms with Crippen LogP contribution >= 0.6 is 11.6 Å². The number of nitrogens with one attached hydrogen (secondary N) is 1. The second-order valence-corrected chi connectivity index (χ2v) is 9.05. The molecule has 0 bridgehead atoms. The van der Waals surface area contributed by atoms with Crippen LogP contribution in [0, 0.1) is 5.92 Å². The summed E-state index contributed by atoms with van der Waals surface area (Å²) in [6, 6.07) is 15.2. The first-order chi connectivity index (χ1) is 16.0. The van der Waals surface area contributed by atoms with Gasteiger partial charge in [0.15, 0.2) is 5.82 Å². The van der Waals surface area contributed by atoms with Crippen LogP contribution in [0.25, 0.3) is 6.08 Å². The van der Waals surface area contributed by atoms with Crippen molar-refractivity contribution in [2.45, 2.75) is 32.9 Å². The standard InChI is InChI=1S/C25H29ClN6O/c1-18(2)23(28-25(33)21-10-6-7-12-27-21)24-30-29-22-11-13-31(14-15-32(22)24)17-20(26)16-19-8-4-3-5-9-19/h3-10,12,16,18,23H,11,13-15,17H2,1-2H3,(H,28,33)/b20-16-/t23-/m0/s1. The van der Waals surface area contributed by atoms with E-state index < -0.39 is 0 Å². The summed E-state index contributed by atoms with van der Waals surface area (Å²) in [6.07, 6.45) is 4.41. The average molecular weight is 465 g/mol. The van der Waals surface area contributed by atoms with Gasteiger partial charge in [0.05, 0.1) is 6.04 Å². The average Bonchev–Trinajstić information content (AvgIpc) is 3.11. The predicted molar refractivity (Wildman–Crippen MR) is 130 cm³/mol. The number of hydrogen-bond donors (Lipinski definition) is 1. The van der Waals surface area contributed by atoms with Crippen molar-refractivity contribution in [1.82, 2.24) is 30.0 Å². The maximum atomic E-state index is 12.8. The smallest absolute Gasteiger partial charge is 0.270 e. The van der Waals surface area contributed by atoms with Crippen molar-refractivity contribution < 1.29 is 4.79 Å². The Bertz CT molecular complexity index is 1100. The van der Waals surface area contributed by atoms with Crippen LogP contribution in [0.3, 0.4) is 0 Å². The quantitative estimate of drug-likeness (QED) is 0.573. The molecule has 0 unspecified atom stereocenters. The minimum absolute atomic E-state index is 0.147. The van der Waals surface area contributed by atoms with Crippen LogP contribution in [0.2, 0.25) is 0 Å². The minimum Gasteiger partial charge on any atom is -0.340 e. The molecule has 3 aromatic rings. The normalized spacial score (nSPS) is 15.7. The summed E-state index contributed by atoms with van der Waals surface area (Å²) >= 11 is 6.56. The molecule has 0 radical (unpaired) electrons. The molecule has 0 spiro atoms. The van der Waals surface area contributed by atoms with Gasteiger partial charge in [-0.1, -0.05) is 61.8 Å². The third-order valence-electron chi connectivity index (χ3n) is 5.77. The van der Waals surface area contributed by atoms with E-state index in [1.807, 2.05) is 36.4 Å².